The van der Waals surface area contributed by atoms with Crippen molar-refractivity contribution >= 4 is 43.2 Å². The molecule has 0 spiro atoms. The Hall–Kier alpha value is -3.32. The van der Waals surface area contributed by atoms with Crippen LogP contribution in [0.1, 0.15) is 24.0 Å². The standard InChI is InChI=1S/C26H19N/c1-16(23-15-27-24-8-3-2-7-21(23)24)20-13-11-19-10-9-17-5-4-6-18-12-14-22(20)26(19)25(17)18/h2-16,27H,1H3. The van der Waals surface area contributed by atoms with Gasteiger partial charge in [0.1, 0.15) is 0 Å². The molecule has 0 aliphatic rings. The van der Waals surface area contributed by atoms with E-state index < -0.39 is 0 Å². The zero-order valence-corrected chi connectivity index (χ0v) is 15.2. The number of aromatic nitrogens is 1. The molecule has 0 aliphatic carbocycles. The Kier molecular flexibility index (Phi) is 2.93. The molecule has 1 unspecified atom stereocenters. The molecule has 1 nitrogen and oxygen atoms in total. The number of H-pyrrole nitrogens is 1. The van der Waals surface area contributed by atoms with Crippen molar-refractivity contribution in [3.63, 3.8) is 0 Å². The molecular formula is C26H19N. The van der Waals surface area contributed by atoms with Crippen molar-refractivity contribution in [2.45, 2.75) is 12.8 Å². The first-order chi connectivity index (χ1) is 13.3. The summed E-state index contributed by atoms with van der Waals surface area (Å²) in [6.45, 7) is 2.32. The van der Waals surface area contributed by atoms with E-state index in [2.05, 4.69) is 97.0 Å². The summed E-state index contributed by atoms with van der Waals surface area (Å²) in [5, 5.41) is 9.44. The molecule has 6 rings (SSSR count). The van der Waals surface area contributed by atoms with Crippen LogP contribution in [0.25, 0.3) is 43.2 Å². The van der Waals surface area contributed by atoms with Crippen molar-refractivity contribution in [2.75, 3.05) is 0 Å². The average molecular weight is 345 g/mol. The summed E-state index contributed by atoms with van der Waals surface area (Å²) in [6, 6.07) is 28.8. The maximum atomic E-state index is 3.44. The maximum absolute atomic E-state index is 3.44. The Labute approximate surface area is 157 Å². The van der Waals surface area contributed by atoms with Gasteiger partial charge in [0.2, 0.25) is 0 Å². The number of nitrogens with one attached hydrogen (secondary N) is 1. The van der Waals surface area contributed by atoms with Gasteiger partial charge in [0.25, 0.3) is 0 Å². The third-order valence-electron chi connectivity index (χ3n) is 6.12. The van der Waals surface area contributed by atoms with E-state index in [0.29, 0.717) is 5.92 Å². The van der Waals surface area contributed by atoms with Crippen LogP contribution in [0.3, 0.4) is 0 Å². The molecule has 0 amide bonds. The highest BCUT2D eigenvalue weighted by Crippen LogP contribution is 2.40. The molecule has 6 aromatic rings. The third kappa shape index (κ3) is 2.00. The summed E-state index contributed by atoms with van der Waals surface area (Å²) in [6.07, 6.45) is 2.17. The van der Waals surface area contributed by atoms with Gasteiger partial charge in [-0.15, -0.1) is 0 Å². The Balaban J connectivity index is 1.68. The highest BCUT2D eigenvalue weighted by Gasteiger charge is 2.18. The largest absolute Gasteiger partial charge is 0.361 e. The van der Waals surface area contributed by atoms with Crippen molar-refractivity contribution in [3.8, 4) is 0 Å². The Morgan fingerprint density at radius 3 is 2.15 bits per heavy atom. The van der Waals surface area contributed by atoms with Gasteiger partial charge in [0, 0.05) is 23.0 Å². The van der Waals surface area contributed by atoms with Gasteiger partial charge < -0.3 is 4.98 Å². The van der Waals surface area contributed by atoms with Crippen molar-refractivity contribution in [1.82, 2.24) is 4.98 Å². The summed E-state index contributed by atoms with van der Waals surface area (Å²) >= 11 is 0. The molecule has 27 heavy (non-hydrogen) atoms. The highest BCUT2D eigenvalue weighted by atomic mass is 14.7. The van der Waals surface area contributed by atoms with Crippen molar-refractivity contribution in [2.24, 2.45) is 0 Å². The maximum Gasteiger partial charge on any atom is 0.0457 e. The van der Waals surface area contributed by atoms with Crippen LogP contribution in [0.5, 0.6) is 0 Å². The normalized spacial score (nSPS) is 13.2. The highest BCUT2D eigenvalue weighted by molar-refractivity contribution is 6.23. The van der Waals surface area contributed by atoms with E-state index in [1.807, 2.05) is 0 Å². The van der Waals surface area contributed by atoms with Crippen LogP contribution >= 0.6 is 0 Å². The van der Waals surface area contributed by atoms with Crippen LogP contribution in [0.4, 0.5) is 0 Å². The fourth-order valence-electron chi connectivity index (χ4n) is 4.76. The molecule has 128 valence electrons. The number of para-hydroxylation sites is 1. The van der Waals surface area contributed by atoms with Crippen LogP contribution < -0.4 is 0 Å². The summed E-state index contributed by atoms with van der Waals surface area (Å²) in [5.74, 6) is 0.325. The summed E-state index contributed by atoms with van der Waals surface area (Å²) in [4.78, 5) is 3.44. The van der Waals surface area contributed by atoms with Gasteiger partial charge >= 0.3 is 0 Å². The van der Waals surface area contributed by atoms with E-state index in [4.69, 9.17) is 0 Å². The van der Waals surface area contributed by atoms with E-state index in [1.54, 1.807) is 0 Å². The molecule has 0 fully saturated rings. The van der Waals surface area contributed by atoms with E-state index in [0.717, 1.165) is 0 Å². The van der Waals surface area contributed by atoms with Crippen LogP contribution in [0.2, 0.25) is 0 Å². The number of fused-ring (bicyclic) bond motifs is 1. The van der Waals surface area contributed by atoms with Crippen LogP contribution in [-0.4, -0.2) is 4.98 Å². The first-order valence-electron chi connectivity index (χ1n) is 9.54. The van der Waals surface area contributed by atoms with E-state index >= 15 is 0 Å². The number of benzene rings is 5. The SMILES string of the molecule is CC(c1c[nH]c2ccccc12)c1ccc2ccc3cccc4ccc1c2c34. The van der Waals surface area contributed by atoms with Gasteiger partial charge in [-0.05, 0) is 49.5 Å². The lowest BCUT2D eigenvalue weighted by Gasteiger charge is -2.18. The molecule has 0 radical (unpaired) electrons. The predicted octanol–water partition coefficient (Wildman–Crippen LogP) is 7.22. The number of hydrogen-bond acceptors (Lipinski definition) is 0. The molecule has 1 heteroatoms. The van der Waals surface area contributed by atoms with Crippen molar-refractivity contribution in [3.05, 3.63) is 96.2 Å². The topological polar surface area (TPSA) is 15.8 Å². The molecule has 1 heterocycles. The lowest BCUT2D eigenvalue weighted by Crippen LogP contribution is -1.97. The fourth-order valence-corrected chi connectivity index (χ4v) is 4.76. The van der Waals surface area contributed by atoms with Gasteiger partial charge in [0.05, 0.1) is 0 Å². The first kappa shape index (κ1) is 14.8. The smallest absolute Gasteiger partial charge is 0.0457 e. The zero-order valence-electron chi connectivity index (χ0n) is 15.2. The van der Waals surface area contributed by atoms with E-state index in [-0.39, 0.29) is 0 Å². The zero-order chi connectivity index (χ0) is 18.0. The van der Waals surface area contributed by atoms with Gasteiger partial charge in [-0.3, -0.25) is 0 Å². The molecule has 0 saturated carbocycles. The van der Waals surface area contributed by atoms with Gasteiger partial charge in [-0.2, -0.15) is 0 Å². The summed E-state index contributed by atoms with van der Waals surface area (Å²) < 4.78 is 0. The molecule has 5 aromatic carbocycles. The van der Waals surface area contributed by atoms with E-state index in [9.17, 15) is 0 Å². The number of rotatable bonds is 2. The summed E-state index contributed by atoms with van der Waals surface area (Å²) in [5.41, 5.74) is 3.96. The lowest BCUT2D eigenvalue weighted by atomic mass is 9.85. The molecule has 0 saturated heterocycles. The Morgan fingerprint density at radius 1 is 0.593 bits per heavy atom. The monoisotopic (exact) mass is 345 g/mol. The molecule has 1 N–H and O–H groups in total. The second-order valence-corrected chi connectivity index (χ2v) is 7.52. The number of hydrogen-bond donors (Lipinski definition) is 1. The summed E-state index contributed by atoms with van der Waals surface area (Å²) in [7, 11) is 0. The molecule has 1 atom stereocenters. The Bertz CT molecular complexity index is 1420. The van der Waals surface area contributed by atoms with Crippen LogP contribution in [0.15, 0.2) is 85.1 Å². The minimum Gasteiger partial charge on any atom is -0.361 e. The van der Waals surface area contributed by atoms with E-state index in [1.165, 1.54) is 54.3 Å². The second-order valence-electron chi connectivity index (χ2n) is 7.52. The minimum absolute atomic E-state index is 0.325. The molecule has 1 aromatic heterocycles. The van der Waals surface area contributed by atoms with Gasteiger partial charge in [-0.1, -0.05) is 79.7 Å². The molecular weight excluding hydrogens is 326 g/mol. The number of aromatic amines is 1. The first-order valence-corrected chi connectivity index (χ1v) is 9.54. The third-order valence-corrected chi connectivity index (χ3v) is 6.12. The molecule has 0 aliphatic heterocycles. The fraction of sp³-hybridized carbons (Fsp3) is 0.0769. The minimum atomic E-state index is 0.325. The predicted molar refractivity (Wildman–Crippen MR) is 116 cm³/mol. The second kappa shape index (κ2) is 5.34. The molecule has 0 bridgehead atoms. The average Bonchev–Trinajstić information content (AvgIpc) is 3.15. The van der Waals surface area contributed by atoms with Crippen LogP contribution in [-0.2, 0) is 0 Å². The lowest BCUT2D eigenvalue weighted by molar-refractivity contribution is 0.944. The Morgan fingerprint density at radius 2 is 1.30 bits per heavy atom. The van der Waals surface area contributed by atoms with Crippen LogP contribution in [0, 0.1) is 0 Å². The quantitative estimate of drug-likeness (QED) is 0.319. The van der Waals surface area contributed by atoms with Crippen molar-refractivity contribution in [1.29, 1.82) is 0 Å². The van der Waals surface area contributed by atoms with Crippen molar-refractivity contribution < 1.29 is 0 Å². The van der Waals surface area contributed by atoms with Gasteiger partial charge in [-0.25, -0.2) is 0 Å². The van der Waals surface area contributed by atoms with Gasteiger partial charge in [0.15, 0.2) is 0 Å².